The van der Waals surface area contributed by atoms with Gasteiger partial charge >= 0.3 is 0 Å². The van der Waals surface area contributed by atoms with Gasteiger partial charge in [0, 0.05) is 24.4 Å². The Morgan fingerprint density at radius 1 is 0.591 bits per heavy atom. The van der Waals surface area contributed by atoms with E-state index in [0.29, 0.717) is 0 Å². The molecule has 0 saturated carbocycles. The number of thiophene rings is 3. The molecule has 1 aliphatic heterocycles. The molecule has 0 saturated heterocycles. The van der Waals surface area contributed by atoms with Crippen LogP contribution in [0.25, 0.3) is 19.6 Å². The first-order chi connectivity index (χ1) is 10.7. The molecule has 0 aliphatic carbocycles. The van der Waals surface area contributed by atoms with Crippen LogP contribution in [0.1, 0.15) is 19.5 Å². The summed E-state index contributed by atoms with van der Waals surface area (Å²) in [5.41, 5.74) is 6.61. The second-order valence-electron chi connectivity index (χ2n) is 4.99. The third-order valence-electron chi connectivity index (χ3n) is 3.27. The van der Waals surface area contributed by atoms with Crippen LogP contribution in [-0.2, 0) is 0 Å². The van der Waals surface area contributed by atoms with Crippen molar-refractivity contribution in [2.45, 2.75) is 13.8 Å². The van der Waals surface area contributed by atoms with Crippen LogP contribution in [0, 0.1) is 13.8 Å². The highest BCUT2D eigenvalue weighted by atomic mass is 32.2. The molecule has 0 fully saturated rings. The van der Waals surface area contributed by atoms with Gasteiger partial charge in [-0.2, -0.15) is 0 Å². The Labute approximate surface area is 146 Å². The van der Waals surface area contributed by atoms with Crippen molar-refractivity contribution in [1.82, 2.24) is 0 Å². The Balaban J connectivity index is 1.63. The van der Waals surface area contributed by atoms with E-state index in [1.807, 2.05) is 34.0 Å². The number of hydrogen-bond donors (Lipinski definition) is 0. The number of hydrogen-bond acceptors (Lipinski definition) is 4. The quantitative estimate of drug-likeness (QED) is 0.454. The molecule has 0 spiro atoms. The second-order valence-corrected chi connectivity index (χ2v) is 9.68. The summed E-state index contributed by atoms with van der Waals surface area (Å²) < 4.78 is 0. The fourth-order valence-corrected chi connectivity index (χ4v) is 6.07. The third kappa shape index (κ3) is 2.70. The highest BCUT2D eigenvalue weighted by Gasteiger charge is 2.16. The number of rotatable bonds is 3. The zero-order valence-electron chi connectivity index (χ0n) is 12.1. The van der Waals surface area contributed by atoms with Gasteiger partial charge in [-0.15, -0.1) is 34.0 Å². The molecule has 4 heterocycles. The summed E-state index contributed by atoms with van der Waals surface area (Å²) in [5.74, 6) is 0. The van der Waals surface area contributed by atoms with Crippen LogP contribution < -0.4 is 0 Å². The Kier molecular flexibility index (Phi) is 3.75. The molecule has 0 aromatic carbocycles. The van der Waals surface area contributed by atoms with Crippen LogP contribution in [0.5, 0.6) is 0 Å². The van der Waals surface area contributed by atoms with Gasteiger partial charge in [0.05, 0.1) is 14.7 Å². The lowest BCUT2D eigenvalue weighted by Crippen LogP contribution is -1.70. The van der Waals surface area contributed by atoms with Crippen molar-refractivity contribution >= 4 is 55.6 Å². The summed E-state index contributed by atoms with van der Waals surface area (Å²) in [7, 11) is 0. The summed E-state index contributed by atoms with van der Waals surface area (Å²) >= 11 is 7.29. The molecular weight excluding hydrogens is 344 g/mol. The Bertz CT molecular complexity index is 951. The maximum absolute atomic E-state index is 3.31. The lowest BCUT2D eigenvalue weighted by molar-refractivity contribution is 1.64. The van der Waals surface area contributed by atoms with Gasteiger partial charge in [-0.1, -0.05) is 23.2 Å². The van der Waals surface area contributed by atoms with Crippen molar-refractivity contribution in [3.63, 3.8) is 0 Å². The molecule has 0 bridgehead atoms. The molecule has 0 amide bonds. The lowest BCUT2D eigenvalue weighted by atomic mass is 10.3. The average molecular weight is 357 g/mol. The van der Waals surface area contributed by atoms with Crippen molar-refractivity contribution in [3.05, 3.63) is 67.4 Å². The minimum atomic E-state index is 1.19. The first-order valence-corrected chi connectivity index (χ1v) is 10.1. The summed E-state index contributed by atoms with van der Waals surface area (Å²) in [6.45, 7) is 4.29. The summed E-state index contributed by atoms with van der Waals surface area (Å²) in [6, 6.07) is 13.1. The average Bonchev–Trinajstić information content (AvgIpc) is 3.24. The van der Waals surface area contributed by atoms with Gasteiger partial charge < -0.3 is 0 Å². The fraction of sp³-hybridized carbons (Fsp3) is 0.111. The molecule has 1 aliphatic rings. The molecule has 0 nitrogen and oxygen atoms in total. The van der Waals surface area contributed by atoms with Crippen LogP contribution in [0.4, 0.5) is 0 Å². The van der Waals surface area contributed by atoms with E-state index in [2.05, 4.69) is 61.7 Å². The maximum Gasteiger partial charge on any atom is 0.0804 e. The molecule has 0 atom stereocenters. The Hall–Kier alpha value is -1.25. The molecule has 4 rings (SSSR count). The maximum atomic E-state index is 3.31. The summed E-state index contributed by atoms with van der Waals surface area (Å²) in [6.07, 6.45) is 0. The van der Waals surface area contributed by atoms with Crippen LogP contribution >= 0.6 is 45.8 Å². The third-order valence-corrected chi connectivity index (χ3v) is 7.90. The Morgan fingerprint density at radius 3 is 1.64 bits per heavy atom. The van der Waals surface area contributed by atoms with E-state index in [1.165, 1.54) is 39.1 Å². The predicted octanol–water partition coefficient (Wildman–Crippen LogP) is 7.04. The molecule has 108 valence electrons. The van der Waals surface area contributed by atoms with E-state index in [0.717, 1.165) is 0 Å². The molecule has 0 N–H and O–H groups in total. The van der Waals surface area contributed by atoms with Gasteiger partial charge in [0.2, 0.25) is 0 Å². The van der Waals surface area contributed by atoms with Crippen LogP contribution in [0.3, 0.4) is 0 Å². The normalized spacial score (nSPS) is 13.5. The molecular formula is C18H12S4. The van der Waals surface area contributed by atoms with Crippen molar-refractivity contribution in [1.29, 1.82) is 0 Å². The van der Waals surface area contributed by atoms with Gasteiger partial charge in [-0.05, 0) is 50.2 Å². The standard InChI is InChI=1S/C18H12S4/c1-11-3-5-13(19-11)15-7-9-17(21-15)18-10-8-16(22-18)14-6-4-12(2)20-14/h3-7,9H,1-2H3. The van der Waals surface area contributed by atoms with E-state index in [1.54, 1.807) is 11.8 Å². The Morgan fingerprint density at radius 2 is 1.05 bits per heavy atom. The van der Waals surface area contributed by atoms with Gasteiger partial charge in [0.1, 0.15) is 0 Å². The summed E-state index contributed by atoms with van der Waals surface area (Å²) in [4.78, 5) is 10.3. The largest absolute Gasteiger partial charge is 0.140 e. The molecule has 0 unspecified atom stereocenters. The highest BCUT2D eigenvalue weighted by molar-refractivity contribution is 8.17. The van der Waals surface area contributed by atoms with Crippen LogP contribution in [0.15, 0.2) is 47.9 Å². The van der Waals surface area contributed by atoms with Crippen LogP contribution in [0.2, 0.25) is 0 Å². The zero-order valence-corrected chi connectivity index (χ0v) is 15.4. The second kappa shape index (κ2) is 5.75. The SMILES string of the molecule is Cc1ccc(C2=C=C=C(c3ccc(-c4ccc(C)s4)s3)S2)s1. The van der Waals surface area contributed by atoms with Crippen molar-refractivity contribution < 1.29 is 0 Å². The molecule has 0 radical (unpaired) electrons. The van der Waals surface area contributed by atoms with E-state index in [4.69, 9.17) is 0 Å². The van der Waals surface area contributed by atoms with E-state index >= 15 is 0 Å². The van der Waals surface area contributed by atoms with Gasteiger partial charge in [0.25, 0.3) is 0 Å². The monoisotopic (exact) mass is 356 g/mol. The lowest BCUT2D eigenvalue weighted by Gasteiger charge is -1.99. The van der Waals surface area contributed by atoms with E-state index in [-0.39, 0.29) is 0 Å². The predicted molar refractivity (Wildman–Crippen MR) is 103 cm³/mol. The first-order valence-electron chi connectivity index (χ1n) is 6.87. The van der Waals surface area contributed by atoms with E-state index < -0.39 is 0 Å². The highest BCUT2D eigenvalue weighted by Crippen LogP contribution is 2.46. The van der Waals surface area contributed by atoms with Crippen molar-refractivity contribution in [3.8, 4) is 9.75 Å². The minimum absolute atomic E-state index is 1.19. The van der Waals surface area contributed by atoms with Crippen LogP contribution in [-0.4, -0.2) is 0 Å². The topological polar surface area (TPSA) is 0 Å². The first kappa shape index (κ1) is 14.3. The zero-order chi connectivity index (χ0) is 15.1. The summed E-state index contributed by atoms with van der Waals surface area (Å²) in [5, 5.41) is 0. The van der Waals surface area contributed by atoms with Crippen molar-refractivity contribution in [2.75, 3.05) is 0 Å². The molecule has 22 heavy (non-hydrogen) atoms. The fourth-order valence-electron chi connectivity index (χ4n) is 2.21. The smallest absolute Gasteiger partial charge is 0.0804 e. The molecule has 3 aromatic heterocycles. The molecule has 3 aromatic rings. The molecule has 4 heteroatoms. The number of thioether (sulfide) groups is 1. The van der Waals surface area contributed by atoms with Gasteiger partial charge in [-0.3, -0.25) is 0 Å². The van der Waals surface area contributed by atoms with Crippen molar-refractivity contribution in [2.24, 2.45) is 0 Å². The minimum Gasteiger partial charge on any atom is -0.140 e. The van der Waals surface area contributed by atoms with Gasteiger partial charge in [-0.25, -0.2) is 0 Å². The van der Waals surface area contributed by atoms with E-state index in [9.17, 15) is 0 Å². The van der Waals surface area contributed by atoms with Gasteiger partial charge in [0.15, 0.2) is 0 Å². The number of aryl methyl sites for hydroxylation is 2.